The van der Waals surface area contributed by atoms with Crippen LogP contribution in [0, 0.1) is 6.92 Å². The van der Waals surface area contributed by atoms with Crippen LogP contribution in [0.1, 0.15) is 5.56 Å². The van der Waals surface area contributed by atoms with Crippen molar-refractivity contribution in [2.75, 3.05) is 19.4 Å². The Hall–Kier alpha value is -2.19. The maximum atomic E-state index is 12.3. The van der Waals surface area contributed by atoms with Crippen LogP contribution in [-0.2, 0) is 10.1 Å². The Morgan fingerprint density at radius 3 is 2.52 bits per heavy atom. The van der Waals surface area contributed by atoms with Gasteiger partial charge in [0.25, 0.3) is 0 Å². The van der Waals surface area contributed by atoms with Gasteiger partial charge in [-0.05, 0) is 48.5 Å². The van der Waals surface area contributed by atoms with Gasteiger partial charge < -0.3 is 8.92 Å². The molecule has 0 radical (unpaired) electrons. The van der Waals surface area contributed by atoms with Crippen LogP contribution in [0.15, 0.2) is 53.4 Å². The van der Waals surface area contributed by atoms with Gasteiger partial charge in [-0.3, -0.25) is 10.7 Å². The van der Waals surface area contributed by atoms with Crippen molar-refractivity contribution in [2.45, 2.75) is 11.8 Å². The largest absolute Gasteiger partial charge is 0.493 e. The zero-order valence-electron chi connectivity index (χ0n) is 14.1. The number of hydrogen-bond donors (Lipinski definition) is 2. The first kappa shape index (κ1) is 19.1. The predicted molar refractivity (Wildman–Crippen MR) is 99.5 cm³/mol. The number of ether oxygens (including phenoxy) is 1. The van der Waals surface area contributed by atoms with Crippen molar-refractivity contribution in [3.05, 3.63) is 54.1 Å². The van der Waals surface area contributed by atoms with Crippen molar-refractivity contribution in [3.8, 4) is 11.5 Å². The van der Waals surface area contributed by atoms with E-state index < -0.39 is 10.1 Å². The second kappa shape index (κ2) is 8.77. The summed E-state index contributed by atoms with van der Waals surface area (Å²) in [5, 5.41) is 0.616. The molecule has 0 saturated carbocycles. The zero-order valence-corrected chi connectivity index (χ0v) is 15.7. The first-order valence-corrected chi connectivity index (χ1v) is 9.97. The number of amidine groups is 1. The SMILES string of the molecule is C[NH+]=C(N)SCCOc1cc(C)cc(OS(=O)(=O)c2ccccc2)c1. The van der Waals surface area contributed by atoms with Gasteiger partial charge in [0.15, 0.2) is 0 Å². The van der Waals surface area contributed by atoms with Gasteiger partial charge in [0.2, 0.25) is 0 Å². The van der Waals surface area contributed by atoms with E-state index in [0.29, 0.717) is 23.3 Å². The Morgan fingerprint density at radius 1 is 1.16 bits per heavy atom. The molecule has 0 unspecified atom stereocenters. The molecular weight excluding hydrogens is 360 g/mol. The molecule has 6 nitrogen and oxygen atoms in total. The molecule has 0 bridgehead atoms. The number of benzene rings is 2. The highest BCUT2D eigenvalue weighted by molar-refractivity contribution is 8.13. The minimum atomic E-state index is -3.87. The molecule has 0 fully saturated rings. The van der Waals surface area contributed by atoms with Gasteiger partial charge in [0.05, 0.1) is 13.7 Å². The van der Waals surface area contributed by atoms with Gasteiger partial charge in [-0.1, -0.05) is 18.2 Å². The van der Waals surface area contributed by atoms with Crippen molar-refractivity contribution in [1.82, 2.24) is 0 Å². The quantitative estimate of drug-likeness (QED) is 0.320. The molecule has 134 valence electrons. The van der Waals surface area contributed by atoms with E-state index in [2.05, 4.69) is 4.99 Å². The minimum Gasteiger partial charge on any atom is -0.493 e. The average Bonchev–Trinajstić information content (AvgIpc) is 2.58. The van der Waals surface area contributed by atoms with Crippen LogP contribution in [0.25, 0.3) is 0 Å². The van der Waals surface area contributed by atoms with E-state index in [9.17, 15) is 8.42 Å². The number of rotatable bonds is 7. The Labute approximate surface area is 152 Å². The number of hydrogen-bond acceptors (Lipinski definition) is 5. The molecule has 0 aliphatic carbocycles. The first-order valence-electron chi connectivity index (χ1n) is 7.58. The van der Waals surface area contributed by atoms with Crippen LogP contribution in [-0.4, -0.2) is 33.0 Å². The van der Waals surface area contributed by atoms with Crippen LogP contribution >= 0.6 is 11.8 Å². The molecule has 0 aliphatic heterocycles. The van der Waals surface area contributed by atoms with Crippen molar-refractivity contribution in [3.63, 3.8) is 0 Å². The fourth-order valence-electron chi connectivity index (χ4n) is 1.99. The fourth-order valence-corrected chi connectivity index (χ4v) is 3.46. The van der Waals surface area contributed by atoms with E-state index in [0.717, 1.165) is 5.56 Å². The monoisotopic (exact) mass is 381 g/mol. The minimum absolute atomic E-state index is 0.105. The number of aryl methyl sites for hydroxylation is 1. The molecule has 0 saturated heterocycles. The summed E-state index contributed by atoms with van der Waals surface area (Å²) in [6, 6.07) is 13.0. The van der Waals surface area contributed by atoms with Gasteiger partial charge in [-0.25, -0.2) is 0 Å². The van der Waals surface area contributed by atoms with Gasteiger partial charge in [-0.15, -0.1) is 0 Å². The smallest absolute Gasteiger partial charge is 0.339 e. The van der Waals surface area contributed by atoms with Crippen LogP contribution in [0.4, 0.5) is 0 Å². The highest BCUT2D eigenvalue weighted by atomic mass is 32.2. The van der Waals surface area contributed by atoms with E-state index in [-0.39, 0.29) is 10.6 Å². The number of nitrogens with one attached hydrogen (secondary N) is 1. The van der Waals surface area contributed by atoms with Crippen LogP contribution in [0.2, 0.25) is 0 Å². The summed E-state index contributed by atoms with van der Waals surface area (Å²) in [7, 11) is -2.12. The van der Waals surface area contributed by atoms with Gasteiger partial charge in [0.1, 0.15) is 16.4 Å². The molecule has 3 N–H and O–H groups in total. The lowest BCUT2D eigenvalue weighted by atomic mass is 10.2. The molecule has 0 atom stereocenters. The predicted octanol–water partition coefficient (Wildman–Crippen LogP) is 0.900. The van der Waals surface area contributed by atoms with Crippen molar-refractivity contribution >= 4 is 27.0 Å². The van der Waals surface area contributed by atoms with Gasteiger partial charge >= 0.3 is 15.3 Å². The molecule has 25 heavy (non-hydrogen) atoms. The Kier molecular flexibility index (Phi) is 6.72. The number of thioether (sulfide) groups is 1. The third kappa shape index (κ3) is 5.99. The van der Waals surface area contributed by atoms with Crippen LogP contribution in [0.3, 0.4) is 0 Å². The fraction of sp³-hybridized carbons (Fsp3) is 0.235. The second-order valence-electron chi connectivity index (χ2n) is 5.14. The normalized spacial score (nSPS) is 12.0. The van der Waals surface area contributed by atoms with Gasteiger partial charge in [-0.2, -0.15) is 8.42 Å². The summed E-state index contributed by atoms with van der Waals surface area (Å²) in [6.07, 6.45) is 0. The van der Waals surface area contributed by atoms with E-state index in [1.165, 1.54) is 23.9 Å². The molecule has 0 heterocycles. The van der Waals surface area contributed by atoms with Crippen molar-refractivity contribution < 1.29 is 22.3 Å². The molecular formula is C17H21N2O4S2+. The van der Waals surface area contributed by atoms with Crippen molar-refractivity contribution in [2.24, 2.45) is 5.73 Å². The Balaban J connectivity index is 2.06. The molecule has 0 aromatic heterocycles. The lowest BCUT2D eigenvalue weighted by Gasteiger charge is -2.11. The summed E-state index contributed by atoms with van der Waals surface area (Å²) in [4.78, 5) is 2.94. The summed E-state index contributed by atoms with van der Waals surface area (Å²) in [6.45, 7) is 2.28. The maximum Gasteiger partial charge on any atom is 0.339 e. The standard InChI is InChI=1S/C17H20N2O4S2/c1-13-10-14(22-8-9-24-17(18)19-2)12-15(11-13)23-25(20,21)16-6-4-3-5-7-16/h3-7,10-12H,8-9H2,1-2H3,(H2,18,19)/p+1. The molecule has 2 aromatic rings. The molecule has 2 aromatic carbocycles. The summed E-state index contributed by atoms with van der Waals surface area (Å²) >= 11 is 1.44. The highest BCUT2D eigenvalue weighted by Gasteiger charge is 2.16. The van der Waals surface area contributed by atoms with E-state index in [4.69, 9.17) is 14.7 Å². The second-order valence-corrected chi connectivity index (χ2v) is 7.83. The lowest BCUT2D eigenvalue weighted by Crippen LogP contribution is -2.69. The van der Waals surface area contributed by atoms with E-state index in [1.807, 2.05) is 13.0 Å². The summed E-state index contributed by atoms with van der Waals surface area (Å²) in [5.41, 5.74) is 6.49. The molecule has 0 spiro atoms. The third-order valence-electron chi connectivity index (χ3n) is 3.12. The average molecular weight is 381 g/mol. The number of nitrogens with two attached hydrogens (primary N) is 1. The Morgan fingerprint density at radius 2 is 1.84 bits per heavy atom. The summed E-state index contributed by atoms with van der Waals surface area (Å²) in [5.74, 6) is 1.42. The van der Waals surface area contributed by atoms with Crippen LogP contribution < -0.4 is 19.6 Å². The van der Waals surface area contributed by atoms with Gasteiger partial charge in [0, 0.05) is 11.8 Å². The molecule has 0 amide bonds. The van der Waals surface area contributed by atoms with Crippen LogP contribution in [0.5, 0.6) is 11.5 Å². The van der Waals surface area contributed by atoms with Crippen molar-refractivity contribution in [1.29, 1.82) is 0 Å². The zero-order chi connectivity index (χ0) is 18.3. The Bertz CT molecular complexity index is 837. The third-order valence-corrected chi connectivity index (χ3v) is 5.27. The van der Waals surface area contributed by atoms with E-state index in [1.54, 1.807) is 37.4 Å². The first-order chi connectivity index (χ1) is 11.9. The highest BCUT2D eigenvalue weighted by Crippen LogP contribution is 2.25. The topological polar surface area (TPSA) is 92.6 Å². The molecule has 2 rings (SSSR count). The lowest BCUT2D eigenvalue weighted by molar-refractivity contribution is -0.417. The molecule has 0 aliphatic rings. The summed E-state index contributed by atoms with van der Waals surface area (Å²) < 4.78 is 35.5. The maximum absolute atomic E-state index is 12.3. The molecule has 8 heteroatoms. The van der Waals surface area contributed by atoms with E-state index >= 15 is 0 Å².